The molecule has 24 heavy (non-hydrogen) atoms. The average Bonchev–Trinajstić information content (AvgIpc) is 3.05. The zero-order chi connectivity index (χ0) is 17.7. The molecular weight excluding hydrogens is 332 g/mol. The van der Waals surface area contributed by atoms with Crippen molar-refractivity contribution >= 4 is 27.6 Å². The van der Waals surface area contributed by atoms with Crippen LogP contribution >= 0.6 is 0 Å². The predicted molar refractivity (Wildman–Crippen MR) is 90.2 cm³/mol. The second-order valence-corrected chi connectivity index (χ2v) is 7.80. The minimum absolute atomic E-state index is 0.118. The monoisotopic (exact) mass is 354 g/mol. The minimum atomic E-state index is -3.46. The lowest BCUT2D eigenvalue weighted by molar-refractivity contribution is -0.116. The van der Waals surface area contributed by atoms with Crippen LogP contribution in [0.15, 0.2) is 24.3 Å². The lowest BCUT2D eigenvalue weighted by atomic mass is 10.2. The van der Waals surface area contributed by atoms with Crippen molar-refractivity contribution in [2.75, 3.05) is 25.2 Å². The average molecular weight is 354 g/mol. The first-order valence-electron chi connectivity index (χ1n) is 7.76. The number of benzene rings is 1. The van der Waals surface area contributed by atoms with Crippen molar-refractivity contribution in [3.63, 3.8) is 0 Å². The van der Waals surface area contributed by atoms with Crippen LogP contribution in [-0.4, -0.2) is 50.6 Å². The van der Waals surface area contributed by atoms with Crippen molar-refractivity contribution in [2.24, 2.45) is 0 Å². The highest BCUT2D eigenvalue weighted by atomic mass is 32.2. The maximum absolute atomic E-state index is 12.2. The van der Waals surface area contributed by atoms with Gasteiger partial charge in [0.25, 0.3) is 0 Å². The molecule has 0 aliphatic heterocycles. The van der Waals surface area contributed by atoms with Crippen molar-refractivity contribution in [3.8, 4) is 0 Å². The van der Waals surface area contributed by atoms with Gasteiger partial charge in [0.05, 0.1) is 25.5 Å². The number of hydrogen-bond donors (Lipinski definition) is 1. The van der Waals surface area contributed by atoms with Crippen molar-refractivity contribution in [1.29, 1.82) is 0 Å². The van der Waals surface area contributed by atoms with Crippen LogP contribution in [0.1, 0.15) is 36.0 Å². The number of amides is 1. The van der Waals surface area contributed by atoms with Gasteiger partial charge >= 0.3 is 5.97 Å². The summed E-state index contributed by atoms with van der Waals surface area (Å²) in [6, 6.07) is 6.19. The Bertz CT molecular complexity index is 711. The summed E-state index contributed by atoms with van der Waals surface area (Å²) in [5.74, 6) is -0.941. The highest BCUT2D eigenvalue weighted by Crippen LogP contribution is 2.25. The summed E-state index contributed by atoms with van der Waals surface area (Å²) in [7, 11) is -2.19. The molecule has 1 aliphatic rings. The van der Waals surface area contributed by atoms with Crippen molar-refractivity contribution in [2.45, 2.75) is 31.7 Å². The molecule has 8 heteroatoms. The maximum atomic E-state index is 12.2. The lowest BCUT2D eigenvalue weighted by Crippen LogP contribution is -2.43. The number of methoxy groups -OCH3 is 1. The molecule has 1 saturated carbocycles. The Morgan fingerprint density at radius 1 is 1.29 bits per heavy atom. The summed E-state index contributed by atoms with van der Waals surface area (Å²) in [4.78, 5) is 23.8. The van der Waals surface area contributed by atoms with Crippen LogP contribution in [0.25, 0.3) is 0 Å². The molecule has 1 aliphatic carbocycles. The largest absolute Gasteiger partial charge is 0.465 e. The quantitative estimate of drug-likeness (QED) is 0.784. The number of nitrogens with one attached hydrogen (secondary N) is 1. The number of anilines is 1. The summed E-state index contributed by atoms with van der Waals surface area (Å²) in [6.07, 6.45) is 4.62. The van der Waals surface area contributed by atoms with E-state index in [1.54, 1.807) is 18.2 Å². The van der Waals surface area contributed by atoms with Crippen LogP contribution in [0.4, 0.5) is 5.69 Å². The summed E-state index contributed by atoms with van der Waals surface area (Å²) in [5, 5.41) is 2.63. The molecule has 1 aromatic carbocycles. The Balaban J connectivity index is 2.07. The zero-order valence-electron chi connectivity index (χ0n) is 13.8. The van der Waals surface area contributed by atoms with Crippen molar-refractivity contribution in [1.82, 2.24) is 4.31 Å². The fraction of sp³-hybridized carbons (Fsp3) is 0.500. The molecule has 2 rings (SSSR count). The molecule has 1 fully saturated rings. The van der Waals surface area contributed by atoms with Gasteiger partial charge in [0, 0.05) is 11.7 Å². The fourth-order valence-electron chi connectivity index (χ4n) is 2.89. The third-order valence-corrected chi connectivity index (χ3v) is 5.30. The van der Waals surface area contributed by atoms with Gasteiger partial charge in [-0.1, -0.05) is 18.9 Å². The van der Waals surface area contributed by atoms with Gasteiger partial charge in [-0.3, -0.25) is 4.79 Å². The third-order valence-electron chi connectivity index (χ3n) is 4.02. The van der Waals surface area contributed by atoms with E-state index in [1.165, 1.54) is 17.5 Å². The highest BCUT2D eigenvalue weighted by Gasteiger charge is 2.30. The first kappa shape index (κ1) is 18.4. The van der Waals surface area contributed by atoms with Crippen LogP contribution < -0.4 is 5.32 Å². The van der Waals surface area contributed by atoms with Crippen LogP contribution in [0.3, 0.4) is 0 Å². The zero-order valence-corrected chi connectivity index (χ0v) is 14.6. The molecule has 132 valence electrons. The number of carbonyl (C=O) groups excluding carboxylic acids is 2. The number of ether oxygens (including phenoxy) is 1. The Labute approximate surface area is 142 Å². The first-order chi connectivity index (χ1) is 11.3. The van der Waals surface area contributed by atoms with Gasteiger partial charge in [0.1, 0.15) is 0 Å². The Morgan fingerprint density at radius 3 is 2.54 bits per heavy atom. The Kier molecular flexibility index (Phi) is 5.95. The molecular formula is C16H22N2O5S. The summed E-state index contributed by atoms with van der Waals surface area (Å²) >= 11 is 0. The molecule has 0 radical (unpaired) electrons. The van der Waals surface area contributed by atoms with Crippen LogP contribution in [0.5, 0.6) is 0 Å². The van der Waals surface area contributed by atoms with E-state index in [9.17, 15) is 18.0 Å². The van der Waals surface area contributed by atoms with E-state index < -0.39 is 21.9 Å². The number of sulfonamides is 1. The van der Waals surface area contributed by atoms with Crippen molar-refractivity contribution < 1.29 is 22.7 Å². The maximum Gasteiger partial charge on any atom is 0.337 e. The smallest absolute Gasteiger partial charge is 0.337 e. The molecule has 0 bridgehead atoms. The third kappa shape index (κ3) is 4.78. The number of carbonyl (C=O) groups is 2. The van der Waals surface area contributed by atoms with E-state index in [0.29, 0.717) is 11.3 Å². The molecule has 7 nitrogen and oxygen atoms in total. The van der Waals surface area contributed by atoms with Gasteiger partial charge in [-0.05, 0) is 31.0 Å². The molecule has 0 atom stereocenters. The SMILES string of the molecule is COC(=O)c1cccc(NC(=O)CN(C2CCCC2)S(C)(=O)=O)c1. The fourth-order valence-corrected chi connectivity index (χ4v) is 4.00. The summed E-state index contributed by atoms with van der Waals surface area (Å²) < 4.78 is 29.8. The second-order valence-electron chi connectivity index (χ2n) is 5.87. The molecule has 1 amide bonds. The molecule has 0 aromatic heterocycles. The first-order valence-corrected chi connectivity index (χ1v) is 9.61. The molecule has 0 saturated heterocycles. The summed E-state index contributed by atoms with van der Waals surface area (Å²) in [5.41, 5.74) is 0.730. The summed E-state index contributed by atoms with van der Waals surface area (Å²) in [6.45, 7) is -0.230. The molecule has 1 aromatic rings. The van der Waals surface area contributed by atoms with Gasteiger partial charge < -0.3 is 10.1 Å². The highest BCUT2D eigenvalue weighted by molar-refractivity contribution is 7.88. The molecule has 0 heterocycles. The van der Waals surface area contributed by atoms with E-state index in [1.807, 2.05) is 0 Å². The second kappa shape index (κ2) is 7.76. The number of nitrogens with zero attached hydrogens (tertiary/aromatic N) is 1. The van der Waals surface area contributed by atoms with Gasteiger partial charge in [-0.2, -0.15) is 4.31 Å². The van der Waals surface area contributed by atoms with E-state index in [0.717, 1.165) is 31.9 Å². The van der Waals surface area contributed by atoms with E-state index in [4.69, 9.17) is 0 Å². The molecule has 0 unspecified atom stereocenters. The van der Waals surface area contributed by atoms with Gasteiger partial charge in [-0.25, -0.2) is 13.2 Å². The van der Waals surface area contributed by atoms with Gasteiger partial charge in [0.2, 0.25) is 15.9 Å². The van der Waals surface area contributed by atoms with Crippen molar-refractivity contribution in [3.05, 3.63) is 29.8 Å². The predicted octanol–water partition coefficient (Wildman–Crippen LogP) is 1.62. The number of esters is 1. The van der Waals surface area contributed by atoms with E-state index in [-0.39, 0.29) is 12.6 Å². The van der Waals surface area contributed by atoms with Crippen LogP contribution in [0.2, 0.25) is 0 Å². The van der Waals surface area contributed by atoms with E-state index >= 15 is 0 Å². The van der Waals surface area contributed by atoms with Gasteiger partial charge in [0.15, 0.2) is 0 Å². The van der Waals surface area contributed by atoms with Crippen LogP contribution in [-0.2, 0) is 19.6 Å². The molecule has 0 spiro atoms. The number of hydrogen-bond acceptors (Lipinski definition) is 5. The van der Waals surface area contributed by atoms with E-state index in [2.05, 4.69) is 10.1 Å². The minimum Gasteiger partial charge on any atom is -0.465 e. The molecule has 1 N–H and O–H groups in total. The standard InChI is InChI=1S/C16H22N2O5S/c1-23-16(20)12-6-5-7-13(10-12)17-15(19)11-18(24(2,21)22)14-8-3-4-9-14/h5-7,10,14H,3-4,8-9,11H2,1-2H3,(H,17,19). The van der Waals surface area contributed by atoms with Crippen LogP contribution in [0, 0.1) is 0 Å². The number of rotatable bonds is 6. The lowest BCUT2D eigenvalue weighted by Gasteiger charge is -2.25. The Hall–Kier alpha value is -1.93. The normalized spacial score (nSPS) is 15.5. The Morgan fingerprint density at radius 2 is 1.96 bits per heavy atom. The topological polar surface area (TPSA) is 92.8 Å². The van der Waals surface area contributed by atoms with Gasteiger partial charge in [-0.15, -0.1) is 0 Å².